The first kappa shape index (κ1) is 28.5. The molecule has 10 rings (SSSR count). The Morgan fingerprint density at radius 1 is 0.220 bits per heavy atom. The van der Waals surface area contributed by atoms with Crippen LogP contribution in [0.5, 0.6) is 0 Å². The summed E-state index contributed by atoms with van der Waals surface area (Å²) >= 11 is 0. The molecule has 0 nitrogen and oxygen atoms in total. The van der Waals surface area contributed by atoms with Crippen LogP contribution in [0.25, 0.3) is 98.4 Å². The van der Waals surface area contributed by atoms with E-state index >= 15 is 0 Å². The summed E-state index contributed by atoms with van der Waals surface area (Å²) in [4.78, 5) is 0. The summed E-state index contributed by atoms with van der Waals surface area (Å²) in [5.74, 6) is 0. The van der Waals surface area contributed by atoms with Gasteiger partial charge in [-0.25, -0.2) is 0 Å². The van der Waals surface area contributed by atoms with Gasteiger partial charge in [0.2, 0.25) is 0 Å². The van der Waals surface area contributed by atoms with Crippen LogP contribution in [0.2, 0.25) is 0 Å². The Labute approximate surface area is 291 Å². The summed E-state index contributed by atoms with van der Waals surface area (Å²) in [5, 5.41) is 12.7. The van der Waals surface area contributed by atoms with E-state index in [0.717, 1.165) is 0 Å². The minimum Gasteiger partial charge on any atom is -0.0616 e. The van der Waals surface area contributed by atoms with E-state index < -0.39 is 0 Å². The second-order valence-corrected chi connectivity index (χ2v) is 13.3. The molecule has 0 radical (unpaired) electrons. The zero-order valence-corrected chi connectivity index (χ0v) is 27.5. The van der Waals surface area contributed by atoms with Crippen LogP contribution >= 0.6 is 0 Å². The molecule has 50 heavy (non-hydrogen) atoms. The van der Waals surface area contributed by atoms with Crippen molar-refractivity contribution in [1.29, 1.82) is 0 Å². The second kappa shape index (κ2) is 11.6. The first-order valence-electron chi connectivity index (χ1n) is 17.3. The minimum atomic E-state index is 1.22. The maximum atomic E-state index is 2.39. The molecular weight excluding hydrogens is 601 g/mol. The highest BCUT2D eigenvalue weighted by atomic mass is 14.2. The van der Waals surface area contributed by atoms with Crippen molar-refractivity contribution in [3.8, 4) is 44.5 Å². The summed E-state index contributed by atoms with van der Waals surface area (Å²) in [6.07, 6.45) is 0. The van der Waals surface area contributed by atoms with Crippen LogP contribution in [0.15, 0.2) is 194 Å². The number of fused-ring (bicyclic) bond motifs is 6. The van der Waals surface area contributed by atoms with Crippen molar-refractivity contribution in [3.05, 3.63) is 194 Å². The van der Waals surface area contributed by atoms with Crippen molar-refractivity contribution in [2.75, 3.05) is 0 Å². The van der Waals surface area contributed by atoms with E-state index in [-0.39, 0.29) is 0 Å². The van der Waals surface area contributed by atoms with Gasteiger partial charge in [-0.1, -0.05) is 176 Å². The van der Waals surface area contributed by atoms with Crippen molar-refractivity contribution in [2.24, 2.45) is 0 Å². The third-order valence-electron chi connectivity index (χ3n) is 10.4. The Hall–Kier alpha value is -6.50. The van der Waals surface area contributed by atoms with Gasteiger partial charge in [-0.15, -0.1) is 0 Å². The molecule has 0 spiro atoms. The number of rotatable bonds is 4. The zero-order valence-electron chi connectivity index (χ0n) is 27.5. The van der Waals surface area contributed by atoms with Crippen LogP contribution in [0.1, 0.15) is 0 Å². The highest BCUT2D eigenvalue weighted by molar-refractivity contribution is 6.22. The summed E-state index contributed by atoms with van der Waals surface area (Å²) in [6.45, 7) is 0. The molecule has 10 aromatic carbocycles. The lowest BCUT2D eigenvalue weighted by Gasteiger charge is -2.19. The van der Waals surface area contributed by atoms with Gasteiger partial charge in [0.25, 0.3) is 0 Å². The Balaban J connectivity index is 1.19. The monoisotopic (exact) mass is 632 g/mol. The fourth-order valence-electron chi connectivity index (χ4n) is 8.12. The predicted molar refractivity (Wildman–Crippen MR) is 216 cm³/mol. The van der Waals surface area contributed by atoms with Crippen LogP contribution in [0.4, 0.5) is 0 Å². The van der Waals surface area contributed by atoms with E-state index in [0.29, 0.717) is 0 Å². The minimum absolute atomic E-state index is 1.22. The van der Waals surface area contributed by atoms with Crippen LogP contribution in [0.3, 0.4) is 0 Å². The molecule has 0 atom stereocenters. The average molecular weight is 633 g/mol. The van der Waals surface area contributed by atoms with Crippen LogP contribution in [0, 0.1) is 0 Å². The molecule has 0 N–H and O–H groups in total. The Morgan fingerprint density at radius 3 is 1.34 bits per heavy atom. The maximum Gasteiger partial charge on any atom is -0.00262 e. The molecule has 0 saturated heterocycles. The molecule has 0 aliphatic carbocycles. The first-order valence-corrected chi connectivity index (χ1v) is 17.3. The zero-order chi connectivity index (χ0) is 33.0. The molecule has 0 heteroatoms. The van der Waals surface area contributed by atoms with Crippen LogP contribution < -0.4 is 0 Å². The maximum absolute atomic E-state index is 2.39. The highest BCUT2D eigenvalue weighted by Crippen LogP contribution is 2.45. The molecular formula is C50H32. The Bertz CT molecular complexity index is 2870. The molecule has 0 aliphatic heterocycles. The summed E-state index contributed by atoms with van der Waals surface area (Å²) < 4.78 is 0. The largest absolute Gasteiger partial charge is 0.0616 e. The SMILES string of the molecule is c1cc(-c2ccc3ccccc3c2)cc(-c2c3ccccc3c(-c3cccc(-c4cccc5ccc6ccccc6c45)c3)c3ccccc23)c1. The third-order valence-corrected chi connectivity index (χ3v) is 10.4. The van der Waals surface area contributed by atoms with Gasteiger partial charge in [-0.3, -0.25) is 0 Å². The van der Waals surface area contributed by atoms with Crippen molar-refractivity contribution in [1.82, 2.24) is 0 Å². The van der Waals surface area contributed by atoms with E-state index in [1.165, 1.54) is 98.4 Å². The van der Waals surface area contributed by atoms with Gasteiger partial charge in [0.05, 0.1) is 0 Å². The molecule has 0 saturated carbocycles. The quantitative estimate of drug-likeness (QED) is 0.134. The van der Waals surface area contributed by atoms with Gasteiger partial charge in [0.15, 0.2) is 0 Å². The molecule has 0 fully saturated rings. The normalized spacial score (nSPS) is 11.6. The molecule has 10 aromatic rings. The van der Waals surface area contributed by atoms with Crippen LogP contribution in [-0.2, 0) is 0 Å². The Morgan fingerprint density at radius 2 is 0.660 bits per heavy atom. The van der Waals surface area contributed by atoms with Crippen molar-refractivity contribution < 1.29 is 0 Å². The van der Waals surface area contributed by atoms with E-state index in [1.54, 1.807) is 0 Å². The topological polar surface area (TPSA) is 0 Å². The fraction of sp³-hybridized carbons (Fsp3) is 0. The average Bonchev–Trinajstić information content (AvgIpc) is 3.19. The van der Waals surface area contributed by atoms with Gasteiger partial charge in [0.1, 0.15) is 0 Å². The summed E-state index contributed by atoms with van der Waals surface area (Å²) in [5.41, 5.74) is 9.95. The van der Waals surface area contributed by atoms with Crippen LogP contribution in [-0.4, -0.2) is 0 Å². The standard InChI is InChI=1S/C50H32/c1-2-14-36-30-38(29-26-33(36)12-1)37-16-9-18-40(31-37)49-44-21-5-7-23-46(44)50(47-24-8-6-22-45(47)49)41-19-10-17-39(32-41)43-25-11-15-35-28-27-34-13-3-4-20-42(34)48(35)43/h1-32H. The molecule has 0 unspecified atom stereocenters. The van der Waals surface area contributed by atoms with Gasteiger partial charge >= 0.3 is 0 Å². The molecule has 0 aromatic heterocycles. The van der Waals surface area contributed by atoms with Crippen molar-refractivity contribution in [2.45, 2.75) is 0 Å². The molecule has 0 bridgehead atoms. The lowest BCUT2D eigenvalue weighted by atomic mass is 9.84. The Kier molecular flexibility index (Phi) is 6.60. The number of benzene rings is 10. The summed E-state index contributed by atoms with van der Waals surface area (Å²) in [6, 6.07) is 71.4. The molecule has 0 aliphatic rings. The van der Waals surface area contributed by atoms with E-state index in [4.69, 9.17) is 0 Å². The molecule has 0 amide bonds. The third kappa shape index (κ3) is 4.61. The predicted octanol–water partition coefficient (Wildman–Crippen LogP) is 14.1. The number of hydrogen-bond donors (Lipinski definition) is 0. The molecule has 0 heterocycles. The smallest absolute Gasteiger partial charge is 0.00262 e. The van der Waals surface area contributed by atoms with Crippen molar-refractivity contribution in [3.63, 3.8) is 0 Å². The lowest BCUT2D eigenvalue weighted by Crippen LogP contribution is -1.92. The highest BCUT2D eigenvalue weighted by Gasteiger charge is 2.18. The number of hydrogen-bond acceptors (Lipinski definition) is 0. The van der Waals surface area contributed by atoms with Gasteiger partial charge in [-0.05, 0) is 117 Å². The fourth-order valence-corrected chi connectivity index (χ4v) is 8.12. The second-order valence-electron chi connectivity index (χ2n) is 13.3. The molecule has 232 valence electrons. The van der Waals surface area contributed by atoms with Gasteiger partial charge in [0, 0.05) is 0 Å². The van der Waals surface area contributed by atoms with Gasteiger partial charge in [-0.2, -0.15) is 0 Å². The van der Waals surface area contributed by atoms with E-state index in [2.05, 4.69) is 194 Å². The van der Waals surface area contributed by atoms with Gasteiger partial charge < -0.3 is 0 Å². The van der Waals surface area contributed by atoms with Crippen molar-refractivity contribution >= 4 is 53.9 Å². The first-order chi connectivity index (χ1) is 24.8. The van der Waals surface area contributed by atoms with E-state index in [1.807, 2.05) is 0 Å². The summed E-state index contributed by atoms with van der Waals surface area (Å²) in [7, 11) is 0. The van der Waals surface area contributed by atoms with E-state index in [9.17, 15) is 0 Å². The lowest BCUT2D eigenvalue weighted by molar-refractivity contribution is 1.62.